The van der Waals surface area contributed by atoms with Gasteiger partial charge in [0, 0.05) is 0 Å². The highest BCUT2D eigenvalue weighted by Crippen LogP contribution is 2.20. The lowest BCUT2D eigenvalue weighted by atomic mass is 9.92. The molecule has 0 radical (unpaired) electrons. The fraction of sp³-hybridized carbons (Fsp3) is 1.00. The van der Waals surface area contributed by atoms with Crippen molar-refractivity contribution < 1.29 is 0 Å². The average Bonchev–Trinajstić information content (AvgIpc) is 2.80. The van der Waals surface area contributed by atoms with E-state index in [0.717, 1.165) is 5.92 Å². The molecule has 0 N–H and O–H groups in total. The van der Waals surface area contributed by atoms with Gasteiger partial charge >= 0.3 is 0 Å². The fourth-order valence-corrected chi connectivity index (χ4v) is 1.83. The molecule has 0 aromatic heterocycles. The Kier molecular flexibility index (Phi) is 188. The zero-order chi connectivity index (χ0) is 30.9. The number of rotatable bonds is 8. The fourth-order valence-electron chi connectivity index (χ4n) is 1.83. The van der Waals surface area contributed by atoms with Crippen molar-refractivity contribution in [3.8, 4) is 0 Å². The summed E-state index contributed by atoms with van der Waals surface area (Å²) in [5.74, 6) is 1.04. The molecule has 0 aliphatic rings. The topological polar surface area (TPSA) is 0 Å². The molecule has 0 aliphatic heterocycles. The minimum absolute atomic E-state index is 1.04. The first-order chi connectivity index (χ1) is 17.2. The summed E-state index contributed by atoms with van der Waals surface area (Å²) in [4.78, 5) is 0. The van der Waals surface area contributed by atoms with E-state index >= 15 is 0 Å². The zero-order valence-electron chi connectivity index (χ0n) is 30.9. The van der Waals surface area contributed by atoms with E-state index in [4.69, 9.17) is 0 Å². The van der Waals surface area contributed by atoms with E-state index in [0.29, 0.717) is 0 Å². The maximum absolute atomic E-state index is 2.31. The van der Waals surface area contributed by atoms with Crippen LogP contribution in [0.1, 0.15) is 234 Å². The molecule has 0 amide bonds. The first-order valence-electron chi connectivity index (χ1n) is 17.2. The molecule has 0 rings (SSSR count). The van der Waals surface area contributed by atoms with Gasteiger partial charge in [-0.15, -0.1) is 0 Å². The van der Waals surface area contributed by atoms with Crippen molar-refractivity contribution in [1.82, 2.24) is 0 Å². The second kappa shape index (κ2) is 112. The molecule has 0 aliphatic carbocycles. The van der Waals surface area contributed by atoms with Crippen LogP contribution >= 0.6 is 0 Å². The van der Waals surface area contributed by atoms with E-state index in [1.807, 2.05) is 0 Å². The summed E-state index contributed by atoms with van der Waals surface area (Å²) >= 11 is 0. The second-order valence-electron chi connectivity index (χ2n) is 9.60. The summed E-state index contributed by atoms with van der Waals surface area (Å²) in [5.41, 5.74) is 0. The van der Waals surface area contributed by atoms with Crippen LogP contribution in [0.15, 0.2) is 0 Å². The quantitative estimate of drug-likeness (QED) is 0.297. The maximum Gasteiger partial charge on any atom is -0.0414 e. The standard InChI is InChI=1S/C12H26.8C3H8/c1-4-7-10-12(9-6-3)11-8-5-2;8*1-3-2/h12H,4-11H2,1-3H3;8*3H2,1-2H3. The molecule has 0 aromatic carbocycles. The van der Waals surface area contributed by atoms with Gasteiger partial charge in [0.15, 0.2) is 0 Å². The molecule has 0 spiro atoms. The molecule has 0 bridgehead atoms. The minimum atomic E-state index is 1.04. The monoisotopic (exact) mass is 523 g/mol. The van der Waals surface area contributed by atoms with Gasteiger partial charge in [0.1, 0.15) is 0 Å². The molecule has 234 valence electrons. The van der Waals surface area contributed by atoms with Gasteiger partial charge in [-0.05, 0) is 5.92 Å². The molecule has 0 atom stereocenters. The lowest BCUT2D eigenvalue weighted by Gasteiger charge is -2.14. The van der Waals surface area contributed by atoms with Gasteiger partial charge in [0.05, 0.1) is 0 Å². The highest BCUT2D eigenvalue weighted by atomic mass is 14.1. The van der Waals surface area contributed by atoms with E-state index in [1.165, 1.54) is 103 Å². The highest BCUT2D eigenvalue weighted by molar-refractivity contribution is 4.58. The number of hydrogen-bond acceptors (Lipinski definition) is 0. The molecule has 0 fully saturated rings. The number of hydrogen-bond donors (Lipinski definition) is 0. The molecule has 0 saturated carbocycles. The molecule has 0 unspecified atom stereocenters. The molecule has 0 heterocycles. The Morgan fingerprint density at radius 3 is 0.528 bits per heavy atom. The summed E-state index contributed by atoms with van der Waals surface area (Å²) in [7, 11) is 0. The van der Waals surface area contributed by atoms with Crippen LogP contribution in [-0.2, 0) is 0 Å². The van der Waals surface area contributed by atoms with Gasteiger partial charge in [-0.1, -0.05) is 234 Å². The van der Waals surface area contributed by atoms with Gasteiger partial charge in [-0.3, -0.25) is 0 Å². The molecular weight excluding hydrogens is 432 g/mol. The Bertz CT molecular complexity index is 129. The van der Waals surface area contributed by atoms with Crippen LogP contribution in [0.5, 0.6) is 0 Å². The van der Waals surface area contributed by atoms with Gasteiger partial charge in [-0.25, -0.2) is 0 Å². The van der Waals surface area contributed by atoms with Crippen LogP contribution in [-0.4, -0.2) is 0 Å². The predicted molar refractivity (Wildman–Crippen MR) is 185 cm³/mol. The van der Waals surface area contributed by atoms with E-state index in [1.54, 1.807) is 0 Å². The summed E-state index contributed by atoms with van der Waals surface area (Å²) in [5, 5.41) is 0. The largest absolute Gasteiger partial charge is 0.0656 e. The Labute approximate surface area is 240 Å². The Morgan fingerprint density at radius 2 is 0.417 bits per heavy atom. The molecule has 0 aromatic rings. The molecular formula is C36H90. The number of unbranched alkanes of at least 4 members (excludes halogenated alkanes) is 2. The van der Waals surface area contributed by atoms with Crippen molar-refractivity contribution in [1.29, 1.82) is 0 Å². The van der Waals surface area contributed by atoms with E-state index in [9.17, 15) is 0 Å². The first-order valence-corrected chi connectivity index (χ1v) is 17.2. The minimum Gasteiger partial charge on any atom is -0.0656 e. The van der Waals surface area contributed by atoms with Gasteiger partial charge < -0.3 is 0 Å². The molecule has 0 saturated heterocycles. The van der Waals surface area contributed by atoms with E-state index < -0.39 is 0 Å². The highest BCUT2D eigenvalue weighted by Gasteiger charge is 2.05. The lowest BCUT2D eigenvalue weighted by molar-refractivity contribution is 0.390. The summed E-state index contributed by atoms with van der Waals surface area (Å²) in [6.45, 7) is 40.9. The summed E-state index contributed by atoms with van der Waals surface area (Å²) in [6, 6.07) is 0. The predicted octanol–water partition coefficient (Wildman–Crippen LogP) is 16.1. The third-order valence-corrected chi connectivity index (χ3v) is 2.63. The molecule has 36 heavy (non-hydrogen) atoms. The van der Waals surface area contributed by atoms with Gasteiger partial charge in [0.2, 0.25) is 0 Å². The third kappa shape index (κ3) is 306. The molecule has 0 nitrogen and oxygen atoms in total. The third-order valence-electron chi connectivity index (χ3n) is 2.63. The Hall–Kier alpha value is 0. The van der Waals surface area contributed by atoms with Crippen LogP contribution in [0.4, 0.5) is 0 Å². The van der Waals surface area contributed by atoms with Crippen molar-refractivity contribution in [2.75, 3.05) is 0 Å². The normalized spacial score (nSPS) is 7.67. The SMILES string of the molecule is CCC.CCC.CCC.CCC.CCC.CCC.CCC.CCC.CCCCC(CCC)CCCC. The van der Waals surface area contributed by atoms with Crippen molar-refractivity contribution in [2.24, 2.45) is 5.92 Å². The van der Waals surface area contributed by atoms with Crippen LogP contribution in [0, 0.1) is 5.92 Å². The molecule has 0 heteroatoms. The van der Waals surface area contributed by atoms with Crippen molar-refractivity contribution in [2.45, 2.75) is 234 Å². The van der Waals surface area contributed by atoms with E-state index in [2.05, 4.69) is 132 Å². The van der Waals surface area contributed by atoms with Crippen molar-refractivity contribution >= 4 is 0 Å². The second-order valence-corrected chi connectivity index (χ2v) is 9.60. The van der Waals surface area contributed by atoms with E-state index in [-0.39, 0.29) is 0 Å². The average molecular weight is 523 g/mol. The lowest BCUT2D eigenvalue weighted by Crippen LogP contribution is -1.99. The van der Waals surface area contributed by atoms with Crippen molar-refractivity contribution in [3.63, 3.8) is 0 Å². The van der Waals surface area contributed by atoms with Crippen LogP contribution in [0.3, 0.4) is 0 Å². The van der Waals surface area contributed by atoms with Gasteiger partial charge in [0.25, 0.3) is 0 Å². The summed E-state index contributed by atoms with van der Waals surface area (Å²) < 4.78 is 0. The van der Waals surface area contributed by atoms with Crippen molar-refractivity contribution in [3.05, 3.63) is 0 Å². The van der Waals surface area contributed by atoms with Crippen LogP contribution < -0.4 is 0 Å². The Balaban J connectivity index is -0.0000000364. The summed E-state index contributed by atoms with van der Waals surface area (Å²) in [6.07, 6.45) is 21.4. The first kappa shape index (κ1) is 60.5. The Morgan fingerprint density at radius 1 is 0.250 bits per heavy atom. The van der Waals surface area contributed by atoms with Crippen LogP contribution in [0.2, 0.25) is 0 Å². The maximum atomic E-state index is 2.31. The van der Waals surface area contributed by atoms with Gasteiger partial charge in [-0.2, -0.15) is 0 Å². The smallest absolute Gasteiger partial charge is 0.0414 e. The zero-order valence-corrected chi connectivity index (χ0v) is 30.9. The van der Waals surface area contributed by atoms with Crippen LogP contribution in [0.25, 0.3) is 0 Å².